The van der Waals surface area contributed by atoms with Gasteiger partial charge in [0.05, 0.1) is 0 Å². The number of amides is 2. The Bertz CT molecular complexity index is 498. The summed E-state index contributed by atoms with van der Waals surface area (Å²) in [6, 6.07) is 4.84. The molecule has 1 aromatic carbocycles. The number of nitrogens with zero attached hydrogens (tertiary/aromatic N) is 1. The second-order valence-electron chi connectivity index (χ2n) is 5.09. The van der Waals surface area contributed by atoms with E-state index in [2.05, 4.69) is 5.32 Å². The molecule has 108 valence electrons. The molecule has 0 saturated carbocycles. The van der Waals surface area contributed by atoms with Crippen LogP contribution in [0.4, 0.5) is 4.39 Å². The van der Waals surface area contributed by atoms with Gasteiger partial charge >= 0.3 is 0 Å². The van der Waals surface area contributed by atoms with Crippen molar-refractivity contribution >= 4 is 11.8 Å². The zero-order chi connectivity index (χ0) is 14.5. The van der Waals surface area contributed by atoms with Gasteiger partial charge in [-0.25, -0.2) is 4.39 Å². The Balaban J connectivity index is 1.94. The molecular weight excluding hydrogens is 259 g/mol. The second kappa shape index (κ2) is 6.50. The highest BCUT2D eigenvalue weighted by Gasteiger charge is 2.23. The Hall–Kier alpha value is -1.91. The van der Waals surface area contributed by atoms with E-state index in [9.17, 15) is 14.0 Å². The smallest absolute Gasteiger partial charge is 0.252 e. The van der Waals surface area contributed by atoms with Crippen LogP contribution in [0.5, 0.6) is 0 Å². The topological polar surface area (TPSA) is 49.4 Å². The summed E-state index contributed by atoms with van der Waals surface area (Å²) in [4.78, 5) is 25.9. The molecule has 5 heteroatoms. The van der Waals surface area contributed by atoms with Gasteiger partial charge in [0.15, 0.2) is 0 Å². The third-order valence-corrected chi connectivity index (χ3v) is 3.47. The maximum absolute atomic E-state index is 13.1. The van der Waals surface area contributed by atoms with Crippen LogP contribution in [0.25, 0.3) is 0 Å². The van der Waals surface area contributed by atoms with E-state index < -0.39 is 17.8 Å². The van der Waals surface area contributed by atoms with E-state index in [4.69, 9.17) is 0 Å². The lowest BCUT2D eigenvalue weighted by Gasteiger charge is -2.29. The molecule has 1 atom stereocenters. The van der Waals surface area contributed by atoms with Crippen molar-refractivity contribution in [1.82, 2.24) is 10.2 Å². The number of rotatable bonds is 3. The normalized spacial score (nSPS) is 16.6. The molecule has 0 radical (unpaired) electrons. The van der Waals surface area contributed by atoms with E-state index in [0.29, 0.717) is 0 Å². The number of piperidine rings is 1. The summed E-state index contributed by atoms with van der Waals surface area (Å²) >= 11 is 0. The van der Waals surface area contributed by atoms with Gasteiger partial charge in [-0.1, -0.05) is 6.07 Å². The van der Waals surface area contributed by atoms with Crippen molar-refractivity contribution in [3.05, 3.63) is 35.6 Å². The Morgan fingerprint density at radius 3 is 2.60 bits per heavy atom. The minimum atomic E-state index is -0.594. The highest BCUT2D eigenvalue weighted by molar-refractivity contribution is 5.97. The van der Waals surface area contributed by atoms with Gasteiger partial charge in [-0.05, 0) is 44.4 Å². The van der Waals surface area contributed by atoms with Crippen LogP contribution in [-0.2, 0) is 4.79 Å². The number of halogens is 1. The Morgan fingerprint density at radius 2 is 1.95 bits per heavy atom. The van der Waals surface area contributed by atoms with Gasteiger partial charge in [0.1, 0.15) is 11.9 Å². The van der Waals surface area contributed by atoms with Gasteiger partial charge in [-0.3, -0.25) is 9.59 Å². The van der Waals surface area contributed by atoms with Crippen LogP contribution in [0.3, 0.4) is 0 Å². The van der Waals surface area contributed by atoms with E-state index >= 15 is 0 Å². The van der Waals surface area contributed by atoms with Crippen LogP contribution >= 0.6 is 0 Å². The minimum Gasteiger partial charge on any atom is -0.341 e. The first-order chi connectivity index (χ1) is 9.58. The van der Waals surface area contributed by atoms with Crippen LogP contribution in [-0.4, -0.2) is 35.8 Å². The first-order valence-corrected chi connectivity index (χ1v) is 6.93. The summed E-state index contributed by atoms with van der Waals surface area (Å²) < 4.78 is 13.1. The Kier molecular flexibility index (Phi) is 4.71. The summed E-state index contributed by atoms with van der Waals surface area (Å²) in [5.41, 5.74) is 0.225. The van der Waals surface area contributed by atoms with Gasteiger partial charge in [0, 0.05) is 18.7 Å². The van der Waals surface area contributed by atoms with Crippen molar-refractivity contribution in [1.29, 1.82) is 0 Å². The quantitative estimate of drug-likeness (QED) is 0.919. The first-order valence-electron chi connectivity index (χ1n) is 6.93. The summed E-state index contributed by atoms with van der Waals surface area (Å²) in [6.07, 6.45) is 3.17. The molecule has 4 nitrogen and oxygen atoms in total. The van der Waals surface area contributed by atoms with Gasteiger partial charge in [-0.2, -0.15) is 0 Å². The summed E-state index contributed by atoms with van der Waals surface area (Å²) in [5, 5.41) is 2.62. The lowest BCUT2D eigenvalue weighted by atomic mass is 10.1. The molecule has 1 heterocycles. The van der Waals surface area contributed by atoms with E-state index in [1.54, 1.807) is 11.8 Å². The molecule has 1 fully saturated rings. The summed E-state index contributed by atoms with van der Waals surface area (Å²) in [6.45, 7) is 3.16. The Morgan fingerprint density at radius 1 is 1.25 bits per heavy atom. The number of benzene rings is 1. The number of hydrogen-bond donors (Lipinski definition) is 1. The third-order valence-electron chi connectivity index (χ3n) is 3.47. The standard InChI is InChI=1S/C15H19FN2O2/c1-11(15(20)18-8-3-2-4-9-18)17-14(19)12-6-5-7-13(16)10-12/h5-7,10-11H,2-4,8-9H2,1H3,(H,17,19)/t11-/m1/s1. The number of nitrogens with one attached hydrogen (secondary N) is 1. The lowest BCUT2D eigenvalue weighted by Crippen LogP contribution is -2.48. The first kappa shape index (κ1) is 14.5. The van der Waals surface area contributed by atoms with Crippen molar-refractivity contribution < 1.29 is 14.0 Å². The van der Waals surface area contributed by atoms with Crippen LogP contribution in [0, 0.1) is 5.82 Å². The van der Waals surface area contributed by atoms with Gasteiger partial charge in [0.2, 0.25) is 5.91 Å². The predicted molar refractivity (Wildman–Crippen MR) is 73.8 cm³/mol. The number of hydrogen-bond acceptors (Lipinski definition) is 2. The fourth-order valence-electron chi connectivity index (χ4n) is 2.36. The maximum atomic E-state index is 13.1. The van der Waals surface area contributed by atoms with Crippen LogP contribution in [0.2, 0.25) is 0 Å². The number of carbonyl (C=O) groups excluding carboxylic acids is 2. The largest absolute Gasteiger partial charge is 0.341 e. The summed E-state index contributed by atoms with van der Waals surface area (Å²) in [7, 11) is 0. The van der Waals surface area contributed by atoms with Crippen LogP contribution < -0.4 is 5.32 Å². The molecule has 2 amide bonds. The second-order valence-corrected chi connectivity index (χ2v) is 5.09. The molecular formula is C15H19FN2O2. The molecule has 0 unspecified atom stereocenters. The van der Waals surface area contributed by atoms with E-state index in [-0.39, 0.29) is 11.5 Å². The van der Waals surface area contributed by atoms with Crippen LogP contribution in [0.1, 0.15) is 36.5 Å². The van der Waals surface area contributed by atoms with Gasteiger partial charge in [0.25, 0.3) is 5.91 Å². The van der Waals surface area contributed by atoms with Crippen molar-refractivity contribution in [3.63, 3.8) is 0 Å². The lowest BCUT2D eigenvalue weighted by molar-refractivity contribution is -0.133. The molecule has 0 bridgehead atoms. The molecule has 20 heavy (non-hydrogen) atoms. The molecule has 2 rings (SSSR count). The van der Waals surface area contributed by atoms with Crippen molar-refractivity contribution in [2.24, 2.45) is 0 Å². The molecule has 1 aliphatic rings. The summed E-state index contributed by atoms with van der Waals surface area (Å²) in [5.74, 6) is -0.968. The average molecular weight is 278 g/mol. The predicted octanol–water partition coefficient (Wildman–Crippen LogP) is 1.96. The minimum absolute atomic E-state index is 0.0746. The molecule has 1 aromatic rings. The highest BCUT2D eigenvalue weighted by Crippen LogP contribution is 2.10. The average Bonchev–Trinajstić information content (AvgIpc) is 2.47. The molecule has 0 spiro atoms. The molecule has 0 aromatic heterocycles. The van der Waals surface area contributed by atoms with E-state index in [1.165, 1.54) is 18.2 Å². The number of carbonyl (C=O) groups is 2. The fraction of sp³-hybridized carbons (Fsp3) is 0.467. The van der Waals surface area contributed by atoms with Crippen molar-refractivity contribution in [2.45, 2.75) is 32.2 Å². The van der Waals surface area contributed by atoms with Gasteiger partial charge in [-0.15, -0.1) is 0 Å². The van der Waals surface area contributed by atoms with Gasteiger partial charge < -0.3 is 10.2 Å². The molecule has 1 saturated heterocycles. The SMILES string of the molecule is C[C@@H](NC(=O)c1cccc(F)c1)C(=O)N1CCCCC1. The molecule has 0 aliphatic carbocycles. The fourth-order valence-corrected chi connectivity index (χ4v) is 2.36. The maximum Gasteiger partial charge on any atom is 0.252 e. The highest BCUT2D eigenvalue weighted by atomic mass is 19.1. The monoisotopic (exact) mass is 278 g/mol. The van der Waals surface area contributed by atoms with Crippen molar-refractivity contribution in [3.8, 4) is 0 Å². The van der Waals surface area contributed by atoms with E-state index in [0.717, 1.165) is 38.4 Å². The third kappa shape index (κ3) is 3.56. The zero-order valence-corrected chi connectivity index (χ0v) is 11.6. The zero-order valence-electron chi connectivity index (χ0n) is 11.6. The number of likely N-dealkylation sites (tertiary alicyclic amines) is 1. The van der Waals surface area contributed by atoms with E-state index in [1.807, 2.05) is 0 Å². The molecule has 1 aliphatic heterocycles. The van der Waals surface area contributed by atoms with Crippen LogP contribution in [0.15, 0.2) is 24.3 Å². The van der Waals surface area contributed by atoms with Crippen molar-refractivity contribution in [2.75, 3.05) is 13.1 Å². The molecule has 1 N–H and O–H groups in total. The Labute approximate surface area is 118 Å².